The van der Waals surface area contributed by atoms with Crippen molar-refractivity contribution in [1.82, 2.24) is 0 Å². The maximum absolute atomic E-state index is 5.52. The summed E-state index contributed by atoms with van der Waals surface area (Å²) in [5, 5.41) is 0. The van der Waals surface area contributed by atoms with Crippen molar-refractivity contribution in [2.75, 3.05) is 32.8 Å². The molecule has 0 atom stereocenters. The summed E-state index contributed by atoms with van der Waals surface area (Å²) in [6.45, 7) is 2.25. The van der Waals surface area contributed by atoms with E-state index >= 15 is 0 Å². The van der Waals surface area contributed by atoms with Crippen molar-refractivity contribution >= 4 is 11.6 Å². The van der Waals surface area contributed by atoms with Gasteiger partial charge in [-0.2, -0.15) is 0 Å². The highest BCUT2D eigenvalue weighted by atomic mass is 35.5. The maximum atomic E-state index is 5.52. The molecule has 1 rings (SSSR count). The smallest absolute Gasteiger partial charge is 0.119 e. The lowest BCUT2D eigenvalue weighted by Crippen LogP contribution is -2.08. The maximum Gasteiger partial charge on any atom is 0.119 e. The quantitative estimate of drug-likeness (QED) is 0.519. The second-order valence-electron chi connectivity index (χ2n) is 3.23. The van der Waals surface area contributed by atoms with Gasteiger partial charge in [0.05, 0.1) is 19.8 Å². The van der Waals surface area contributed by atoms with Gasteiger partial charge in [0.1, 0.15) is 12.4 Å². The van der Waals surface area contributed by atoms with Crippen molar-refractivity contribution in [2.24, 2.45) is 0 Å². The first-order valence-corrected chi connectivity index (χ1v) is 5.74. The highest BCUT2D eigenvalue weighted by Crippen LogP contribution is 2.13. The number of hydrogen-bond acceptors (Lipinski definition) is 3. The van der Waals surface area contributed by atoms with Gasteiger partial charge >= 0.3 is 0 Å². The number of rotatable bonds is 8. The molecule has 3 nitrogen and oxygen atoms in total. The molecule has 0 aromatic heterocycles. The van der Waals surface area contributed by atoms with Crippen molar-refractivity contribution < 1.29 is 14.2 Å². The summed E-state index contributed by atoms with van der Waals surface area (Å²) in [5.74, 6) is 1.35. The van der Waals surface area contributed by atoms with Crippen LogP contribution in [0, 0.1) is 0 Å². The number of benzene rings is 1. The third kappa shape index (κ3) is 5.35. The molecule has 1 aromatic rings. The molecule has 90 valence electrons. The second kappa shape index (κ2) is 8.39. The fraction of sp³-hybridized carbons (Fsp3) is 0.500. The van der Waals surface area contributed by atoms with E-state index in [-0.39, 0.29) is 0 Å². The minimum atomic E-state index is 0.517. The Bertz CT molecular complexity index is 291. The topological polar surface area (TPSA) is 27.7 Å². The summed E-state index contributed by atoms with van der Waals surface area (Å²) < 4.78 is 15.8. The van der Waals surface area contributed by atoms with Crippen molar-refractivity contribution in [1.29, 1.82) is 0 Å². The molecular formula is C12H17ClO3. The van der Waals surface area contributed by atoms with Gasteiger partial charge in [-0.25, -0.2) is 0 Å². The third-order valence-electron chi connectivity index (χ3n) is 1.93. The average molecular weight is 245 g/mol. The molecule has 0 aliphatic heterocycles. The van der Waals surface area contributed by atoms with Crippen molar-refractivity contribution in [3.8, 4) is 5.75 Å². The molecule has 0 heterocycles. The fourth-order valence-corrected chi connectivity index (χ4v) is 1.38. The van der Waals surface area contributed by atoms with E-state index in [4.69, 9.17) is 25.8 Å². The van der Waals surface area contributed by atoms with Crippen molar-refractivity contribution in [3.05, 3.63) is 29.8 Å². The standard InChI is InChI=1S/C12H17ClO3/c1-14-10-11-3-2-4-12(9-11)16-8-7-15-6-5-13/h2-4,9H,5-8,10H2,1H3. The van der Waals surface area contributed by atoms with Gasteiger partial charge in [-0.15, -0.1) is 11.6 Å². The van der Waals surface area contributed by atoms with E-state index in [2.05, 4.69) is 0 Å². The fourth-order valence-electron chi connectivity index (χ4n) is 1.27. The summed E-state index contributed by atoms with van der Waals surface area (Å²) >= 11 is 5.47. The Balaban J connectivity index is 2.27. The Morgan fingerprint density at radius 2 is 2.06 bits per heavy atom. The molecule has 0 saturated heterocycles. The van der Waals surface area contributed by atoms with Gasteiger partial charge < -0.3 is 14.2 Å². The molecule has 0 bridgehead atoms. The van der Waals surface area contributed by atoms with Crippen LogP contribution in [0.25, 0.3) is 0 Å². The van der Waals surface area contributed by atoms with Crippen molar-refractivity contribution in [3.63, 3.8) is 0 Å². The largest absolute Gasteiger partial charge is 0.491 e. The number of halogens is 1. The van der Waals surface area contributed by atoms with Gasteiger partial charge in [0.2, 0.25) is 0 Å². The molecule has 0 unspecified atom stereocenters. The van der Waals surface area contributed by atoms with Crippen LogP contribution in [0.15, 0.2) is 24.3 Å². The predicted octanol–water partition coefficient (Wildman–Crippen LogP) is 2.47. The number of methoxy groups -OCH3 is 1. The lowest BCUT2D eigenvalue weighted by atomic mass is 10.2. The van der Waals surface area contributed by atoms with Gasteiger partial charge in [-0.1, -0.05) is 12.1 Å². The van der Waals surface area contributed by atoms with Crippen LogP contribution in [0.2, 0.25) is 0 Å². The summed E-state index contributed by atoms with van der Waals surface area (Å²) in [6, 6.07) is 7.83. The highest BCUT2D eigenvalue weighted by molar-refractivity contribution is 6.17. The van der Waals surface area contributed by atoms with Crippen LogP contribution in [0.1, 0.15) is 5.56 Å². The van der Waals surface area contributed by atoms with Gasteiger partial charge in [-0.3, -0.25) is 0 Å². The molecule has 16 heavy (non-hydrogen) atoms. The summed E-state index contributed by atoms with van der Waals surface area (Å²) in [4.78, 5) is 0. The summed E-state index contributed by atoms with van der Waals surface area (Å²) in [5.41, 5.74) is 1.10. The van der Waals surface area contributed by atoms with Gasteiger partial charge in [0.15, 0.2) is 0 Å². The van der Waals surface area contributed by atoms with Crippen LogP contribution in [0.5, 0.6) is 5.75 Å². The van der Waals surface area contributed by atoms with Crippen molar-refractivity contribution in [2.45, 2.75) is 6.61 Å². The van der Waals surface area contributed by atoms with E-state index in [1.165, 1.54) is 0 Å². The zero-order valence-corrected chi connectivity index (χ0v) is 10.2. The molecule has 0 amide bonds. The van der Waals surface area contributed by atoms with Crippen LogP contribution >= 0.6 is 11.6 Å². The molecular weight excluding hydrogens is 228 g/mol. The van der Waals surface area contributed by atoms with Crippen LogP contribution in [-0.2, 0) is 16.1 Å². The van der Waals surface area contributed by atoms with Crippen LogP contribution in [0.4, 0.5) is 0 Å². The molecule has 1 aromatic carbocycles. The number of hydrogen-bond donors (Lipinski definition) is 0. The first-order valence-electron chi connectivity index (χ1n) is 5.21. The number of alkyl halides is 1. The minimum Gasteiger partial charge on any atom is -0.491 e. The highest BCUT2D eigenvalue weighted by Gasteiger charge is 1.96. The first kappa shape index (κ1) is 13.3. The molecule has 0 saturated carbocycles. The summed E-state index contributed by atoms with van der Waals surface area (Å²) in [6.07, 6.45) is 0. The summed E-state index contributed by atoms with van der Waals surface area (Å²) in [7, 11) is 1.67. The molecule has 0 aliphatic rings. The third-order valence-corrected chi connectivity index (χ3v) is 2.08. The molecule has 0 fully saturated rings. The predicted molar refractivity (Wildman–Crippen MR) is 64.2 cm³/mol. The Labute approximate surface area is 101 Å². The monoisotopic (exact) mass is 244 g/mol. The first-order chi connectivity index (χ1) is 7.86. The SMILES string of the molecule is COCc1cccc(OCCOCCCl)c1. The van der Waals surface area contributed by atoms with Crippen LogP contribution in [0.3, 0.4) is 0 Å². The zero-order chi connectivity index (χ0) is 11.6. The Kier molecular flexibility index (Phi) is 6.97. The Morgan fingerprint density at radius 1 is 1.19 bits per heavy atom. The van der Waals surface area contributed by atoms with E-state index in [1.807, 2.05) is 24.3 Å². The van der Waals surface area contributed by atoms with Gasteiger partial charge in [0, 0.05) is 13.0 Å². The lowest BCUT2D eigenvalue weighted by Gasteiger charge is -2.07. The van der Waals surface area contributed by atoms with E-state index in [0.717, 1.165) is 11.3 Å². The van der Waals surface area contributed by atoms with Crippen LogP contribution < -0.4 is 4.74 Å². The normalized spacial score (nSPS) is 10.4. The zero-order valence-electron chi connectivity index (χ0n) is 9.45. The second-order valence-corrected chi connectivity index (χ2v) is 3.61. The Morgan fingerprint density at radius 3 is 2.81 bits per heavy atom. The number of ether oxygens (including phenoxy) is 3. The molecule has 0 aliphatic carbocycles. The van der Waals surface area contributed by atoms with Crippen LogP contribution in [-0.4, -0.2) is 32.8 Å². The average Bonchev–Trinajstić information content (AvgIpc) is 2.30. The van der Waals surface area contributed by atoms with E-state index in [0.29, 0.717) is 32.3 Å². The van der Waals surface area contributed by atoms with E-state index in [1.54, 1.807) is 7.11 Å². The Hall–Kier alpha value is -0.770. The molecule has 0 N–H and O–H groups in total. The lowest BCUT2D eigenvalue weighted by molar-refractivity contribution is 0.111. The molecule has 0 spiro atoms. The van der Waals surface area contributed by atoms with E-state index < -0.39 is 0 Å². The van der Waals surface area contributed by atoms with Gasteiger partial charge in [-0.05, 0) is 17.7 Å². The minimum absolute atomic E-state index is 0.517. The molecule has 4 heteroatoms. The van der Waals surface area contributed by atoms with E-state index in [9.17, 15) is 0 Å². The molecule has 0 radical (unpaired) electrons. The van der Waals surface area contributed by atoms with Gasteiger partial charge in [0.25, 0.3) is 0 Å².